The Hall–Kier alpha value is -0.820. The van der Waals surface area contributed by atoms with Crippen molar-refractivity contribution in [3.8, 4) is 0 Å². The molecule has 5 nitrogen and oxygen atoms in total. The van der Waals surface area contributed by atoms with Crippen molar-refractivity contribution in [1.29, 1.82) is 0 Å². The highest BCUT2D eigenvalue weighted by molar-refractivity contribution is 7.89. The van der Waals surface area contributed by atoms with Gasteiger partial charge in [0.25, 0.3) is 0 Å². The summed E-state index contributed by atoms with van der Waals surface area (Å²) in [5, 5.41) is 0.180. The number of anilines is 1. The van der Waals surface area contributed by atoms with Gasteiger partial charge in [-0.05, 0) is 38.0 Å². The van der Waals surface area contributed by atoms with Gasteiger partial charge in [0.1, 0.15) is 4.90 Å². The molecule has 0 spiro atoms. The van der Waals surface area contributed by atoms with Crippen LogP contribution in [0.5, 0.6) is 0 Å². The van der Waals surface area contributed by atoms with E-state index in [1.54, 1.807) is 13.0 Å². The first-order valence-corrected chi connectivity index (χ1v) is 8.33. The van der Waals surface area contributed by atoms with E-state index in [-0.39, 0.29) is 21.9 Å². The molecular weight excluding hydrogens is 300 g/mol. The maximum absolute atomic E-state index is 12.4. The lowest BCUT2D eigenvalue weighted by atomic mass is 10.0. The molecule has 3 N–H and O–H groups in total. The predicted molar refractivity (Wildman–Crippen MR) is 79.3 cm³/mol. The number of ether oxygens (including phenoxy) is 1. The summed E-state index contributed by atoms with van der Waals surface area (Å²) in [6.45, 7) is 4.87. The summed E-state index contributed by atoms with van der Waals surface area (Å²) in [6.07, 6.45) is 0.855. The Bertz CT molecular complexity index is 598. The number of halogens is 1. The number of sulfonamides is 1. The standard InChI is InChI=1S/C13H19ClN2O3S/c1-8-5-11(14)13(6-12(8)15)20(17,18)16-9(2)10-3-4-19-7-10/h5-6,9-10,16H,3-4,7,15H2,1-2H3. The number of hydrogen-bond donors (Lipinski definition) is 2. The molecule has 1 heterocycles. The average Bonchev–Trinajstić information content (AvgIpc) is 2.86. The Balaban J connectivity index is 2.24. The lowest BCUT2D eigenvalue weighted by Crippen LogP contribution is -2.38. The first kappa shape index (κ1) is 15.6. The van der Waals surface area contributed by atoms with Crippen LogP contribution in [0.25, 0.3) is 0 Å². The van der Waals surface area contributed by atoms with Gasteiger partial charge in [0, 0.05) is 24.3 Å². The monoisotopic (exact) mass is 318 g/mol. The fraction of sp³-hybridized carbons (Fsp3) is 0.538. The van der Waals surface area contributed by atoms with Gasteiger partial charge < -0.3 is 10.5 Å². The first-order chi connectivity index (χ1) is 9.31. The zero-order chi connectivity index (χ0) is 14.9. The fourth-order valence-corrected chi connectivity index (χ4v) is 4.16. The highest BCUT2D eigenvalue weighted by Gasteiger charge is 2.28. The fourth-order valence-electron chi connectivity index (χ4n) is 2.23. The summed E-state index contributed by atoms with van der Waals surface area (Å²) in [7, 11) is -3.68. The zero-order valence-corrected chi connectivity index (χ0v) is 13.1. The van der Waals surface area contributed by atoms with Crippen molar-refractivity contribution in [3.63, 3.8) is 0 Å². The highest BCUT2D eigenvalue weighted by Crippen LogP contribution is 2.27. The van der Waals surface area contributed by atoms with E-state index in [9.17, 15) is 8.42 Å². The van der Waals surface area contributed by atoms with E-state index in [2.05, 4.69) is 4.72 Å². The minimum Gasteiger partial charge on any atom is -0.398 e. The lowest BCUT2D eigenvalue weighted by Gasteiger charge is -2.20. The Morgan fingerprint density at radius 1 is 1.50 bits per heavy atom. The van der Waals surface area contributed by atoms with Crippen LogP contribution in [0.1, 0.15) is 18.9 Å². The van der Waals surface area contributed by atoms with E-state index in [1.165, 1.54) is 6.07 Å². The van der Waals surface area contributed by atoms with E-state index in [0.29, 0.717) is 18.9 Å². The molecule has 0 aliphatic carbocycles. The molecule has 7 heteroatoms. The molecule has 1 saturated heterocycles. The Labute approximate surface area is 124 Å². The maximum atomic E-state index is 12.4. The van der Waals surface area contributed by atoms with E-state index in [4.69, 9.17) is 22.1 Å². The van der Waals surface area contributed by atoms with Crippen LogP contribution in [0.3, 0.4) is 0 Å². The number of hydrogen-bond acceptors (Lipinski definition) is 4. The molecule has 1 aliphatic rings. The Kier molecular flexibility index (Phi) is 4.59. The molecule has 1 aliphatic heterocycles. The van der Waals surface area contributed by atoms with Gasteiger partial charge in [-0.3, -0.25) is 0 Å². The molecule has 0 saturated carbocycles. The number of benzene rings is 1. The van der Waals surface area contributed by atoms with Crippen molar-refractivity contribution >= 4 is 27.3 Å². The third-order valence-corrected chi connectivity index (χ3v) is 5.65. The van der Waals surface area contributed by atoms with Crippen molar-refractivity contribution in [1.82, 2.24) is 4.72 Å². The van der Waals surface area contributed by atoms with Gasteiger partial charge in [0.2, 0.25) is 10.0 Å². The minimum atomic E-state index is -3.68. The highest BCUT2D eigenvalue weighted by atomic mass is 35.5. The van der Waals surface area contributed by atoms with E-state index < -0.39 is 10.0 Å². The molecule has 0 bridgehead atoms. The van der Waals surface area contributed by atoms with Crippen LogP contribution in [0.15, 0.2) is 17.0 Å². The van der Waals surface area contributed by atoms with Crippen molar-refractivity contribution in [2.75, 3.05) is 18.9 Å². The predicted octanol–water partition coefficient (Wildman–Crippen LogP) is 1.93. The minimum absolute atomic E-state index is 0.0213. The summed E-state index contributed by atoms with van der Waals surface area (Å²) in [5.41, 5.74) is 6.93. The molecule has 2 rings (SSSR count). The number of nitrogens with two attached hydrogens (primary N) is 1. The van der Waals surface area contributed by atoms with Crippen LogP contribution in [0, 0.1) is 12.8 Å². The summed E-state index contributed by atoms with van der Waals surface area (Å²) in [4.78, 5) is 0.0213. The summed E-state index contributed by atoms with van der Waals surface area (Å²) in [5.74, 6) is 0.186. The molecule has 2 atom stereocenters. The summed E-state index contributed by atoms with van der Waals surface area (Å²) < 4.78 is 32.7. The van der Waals surface area contributed by atoms with Gasteiger partial charge in [0.15, 0.2) is 0 Å². The number of nitrogen functional groups attached to an aromatic ring is 1. The quantitative estimate of drug-likeness (QED) is 0.831. The average molecular weight is 319 g/mol. The number of aryl methyl sites for hydroxylation is 1. The van der Waals surface area contributed by atoms with E-state index in [1.807, 2.05) is 6.92 Å². The number of nitrogens with one attached hydrogen (secondary N) is 1. The van der Waals surface area contributed by atoms with Crippen molar-refractivity contribution < 1.29 is 13.2 Å². The van der Waals surface area contributed by atoms with Crippen LogP contribution in [0.4, 0.5) is 5.69 Å². The SMILES string of the molecule is Cc1cc(Cl)c(S(=O)(=O)NC(C)C2CCOC2)cc1N. The van der Waals surface area contributed by atoms with E-state index >= 15 is 0 Å². The zero-order valence-electron chi connectivity index (χ0n) is 11.5. The Morgan fingerprint density at radius 2 is 2.20 bits per heavy atom. The molecule has 20 heavy (non-hydrogen) atoms. The normalized spacial score (nSPS) is 21.1. The molecule has 0 amide bonds. The van der Waals surface area contributed by atoms with Gasteiger partial charge in [-0.2, -0.15) is 0 Å². The second-order valence-corrected chi connectivity index (χ2v) is 7.26. The Morgan fingerprint density at radius 3 is 2.80 bits per heavy atom. The van der Waals surface area contributed by atoms with Crippen molar-refractivity contribution in [2.24, 2.45) is 5.92 Å². The molecule has 0 radical (unpaired) electrons. The van der Waals surface area contributed by atoms with E-state index in [0.717, 1.165) is 12.0 Å². The topological polar surface area (TPSA) is 81.4 Å². The molecule has 0 aromatic heterocycles. The smallest absolute Gasteiger partial charge is 0.242 e. The van der Waals surface area contributed by atoms with Gasteiger partial charge in [0.05, 0.1) is 11.6 Å². The third-order valence-electron chi connectivity index (χ3n) is 3.62. The van der Waals surface area contributed by atoms with Crippen LogP contribution in [0.2, 0.25) is 5.02 Å². The maximum Gasteiger partial charge on any atom is 0.242 e. The second-order valence-electron chi connectivity index (χ2n) is 5.17. The van der Waals surface area contributed by atoms with Gasteiger partial charge in [-0.25, -0.2) is 13.1 Å². The van der Waals surface area contributed by atoms with Gasteiger partial charge >= 0.3 is 0 Å². The molecule has 1 aromatic rings. The lowest BCUT2D eigenvalue weighted by molar-refractivity contribution is 0.180. The van der Waals surface area contributed by atoms with Gasteiger partial charge in [-0.15, -0.1) is 0 Å². The van der Waals surface area contributed by atoms with Gasteiger partial charge in [-0.1, -0.05) is 11.6 Å². The van der Waals surface area contributed by atoms with Crippen LogP contribution in [-0.4, -0.2) is 27.7 Å². The molecular formula is C13H19ClN2O3S. The second kappa shape index (κ2) is 5.89. The van der Waals surface area contributed by atoms with Crippen LogP contribution in [-0.2, 0) is 14.8 Å². The van der Waals surface area contributed by atoms with Crippen LogP contribution < -0.4 is 10.5 Å². The molecule has 112 valence electrons. The third kappa shape index (κ3) is 3.25. The summed E-state index contributed by atoms with van der Waals surface area (Å²) >= 11 is 6.03. The molecule has 1 aromatic carbocycles. The van der Waals surface area contributed by atoms with Crippen molar-refractivity contribution in [3.05, 3.63) is 22.7 Å². The summed E-state index contributed by atoms with van der Waals surface area (Å²) in [6, 6.07) is 2.76. The van der Waals surface area contributed by atoms with Crippen LogP contribution >= 0.6 is 11.6 Å². The first-order valence-electron chi connectivity index (χ1n) is 6.47. The largest absolute Gasteiger partial charge is 0.398 e. The molecule has 1 fully saturated rings. The number of rotatable bonds is 4. The molecule has 2 unspecified atom stereocenters. The van der Waals surface area contributed by atoms with Crippen molar-refractivity contribution in [2.45, 2.75) is 31.2 Å².